The molecular formula is C19H24F3N5O7S. The van der Waals surface area contributed by atoms with Gasteiger partial charge in [0.15, 0.2) is 0 Å². The number of aromatic nitrogens is 3. The van der Waals surface area contributed by atoms with Crippen LogP contribution in [0.3, 0.4) is 0 Å². The number of alkyl carbamates (subject to hydrolysis) is 1. The maximum atomic E-state index is 12.8. The molecule has 2 saturated carbocycles. The molecule has 0 spiro atoms. The van der Waals surface area contributed by atoms with E-state index < -0.39 is 76.1 Å². The molecule has 12 nitrogen and oxygen atoms in total. The van der Waals surface area contributed by atoms with Crippen LogP contribution in [-0.4, -0.2) is 71.8 Å². The summed E-state index contributed by atoms with van der Waals surface area (Å²) >= 11 is 0.710. The molecule has 35 heavy (non-hydrogen) atoms. The van der Waals surface area contributed by atoms with Gasteiger partial charge in [-0.3, -0.25) is 14.7 Å². The number of amides is 2. The van der Waals surface area contributed by atoms with Gasteiger partial charge in [-0.15, -0.1) is 5.10 Å². The molecule has 1 unspecified atom stereocenters. The summed E-state index contributed by atoms with van der Waals surface area (Å²) in [6.45, 7) is 6.12. The Bertz CT molecular complexity index is 1040. The first kappa shape index (κ1) is 26.6. The monoisotopic (exact) mass is 523 g/mol. The molecule has 5 N–H and O–H groups in total. The van der Waals surface area contributed by atoms with Gasteiger partial charge in [0.1, 0.15) is 17.2 Å². The van der Waals surface area contributed by atoms with Crippen LogP contribution in [0.25, 0.3) is 0 Å². The number of H-pyrrole nitrogens is 1. The summed E-state index contributed by atoms with van der Waals surface area (Å²) in [5.74, 6) is -7.95. The minimum Gasteiger partial charge on any atom is -0.481 e. The number of alkyl halides is 3. The minimum absolute atomic E-state index is 0.285. The largest absolute Gasteiger partial charge is 0.481 e. The van der Waals surface area contributed by atoms with E-state index in [0.717, 1.165) is 0 Å². The fourth-order valence-corrected chi connectivity index (χ4v) is 5.67. The zero-order chi connectivity index (χ0) is 26.5. The lowest BCUT2D eigenvalue weighted by atomic mass is 9.89. The van der Waals surface area contributed by atoms with Gasteiger partial charge >= 0.3 is 24.2 Å². The summed E-state index contributed by atoms with van der Waals surface area (Å²) in [6.07, 6.45) is -5.97. The molecule has 0 aromatic carbocycles. The van der Waals surface area contributed by atoms with Gasteiger partial charge in [0.05, 0.1) is 5.92 Å². The standard InChI is InChI=1S/C19H24F3N5O7S/c1-6(23-16(33)34-17(2,3)4)11(28)25-18(14(31)32)5-7(8-9(10(8)18)12(29)30)35-15-24-13(26-27-15)19(20,21)22/h6-10H,5H2,1-4H3,(H,23,33)(H,25,28)(H,29,30)(H,31,32)(H,24,26,27)/t6?,7-,8+,9+,10+,18+/m1/s1. The van der Waals surface area contributed by atoms with Crippen molar-refractivity contribution in [3.63, 3.8) is 0 Å². The first-order valence-electron chi connectivity index (χ1n) is 10.4. The van der Waals surface area contributed by atoms with E-state index in [-0.39, 0.29) is 11.6 Å². The highest BCUT2D eigenvalue weighted by Gasteiger charge is 2.76. The van der Waals surface area contributed by atoms with Crippen molar-refractivity contribution in [2.24, 2.45) is 17.8 Å². The number of carbonyl (C=O) groups is 4. The molecule has 2 fully saturated rings. The van der Waals surface area contributed by atoms with Gasteiger partial charge in [0.2, 0.25) is 16.9 Å². The summed E-state index contributed by atoms with van der Waals surface area (Å²) in [5, 5.41) is 28.3. The van der Waals surface area contributed by atoms with Crippen LogP contribution in [0.2, 0.25) is 0 Å². The third kappa shape index (κ3) is 5.46. The summed E-state index contributed by atoms with van der Waals surface area (Å²) in [5.41, 5.74) is -2.86. The number of rotatable bonds is 7. The van der Waals surface area contributed by atoms with Gasteiger partial charge in [-0.1, -0.05) is 11.8 Å². The van der Waals surface area contributed by atoms with Crippen LogP contribution in [0.5, 0.6) is 0 Å². The van der Waals surface area contributed by atoms with E-state index in [9.17, 15) is 42.6 Å². The van der Waals surface area contributed by atoms with Crippen LogP contribution < -0.4 is 10.6 Å². The molecular weight excluding hydrogens is 499 g/mol. The second-order valence-corrected chi connectivity index (χ2v) is 10.6. The van der Waals surface area contributed by atoms with Crippen molar-refractivity contribution in [2.45, 2.75) is 67.9 Å². The van der Waals surface area contributed by atoms with Crippen LogP contribution in [0.4, 0.5) is 18.0 Å². The molecule has 2 aliphatic rings. The Morgan fingerprint density at radius 3 is 2.34 bits per heavy atom. The van der Waals surface area contributed by atoms with Crippen LogP contribution >= 0.6 is 11.8 Å². The second-order valence-electron chi connectivity index (χ2n) is 9.43. The number of halogens is 3. The fraction of sp³-hybridized carbons (Fsp3) is 0.684. The SMILES string of the molecule is CC(NC(=O)OC(C)(C)C)C(=O)N[C@@]1(C(=O)O)C[C@@H](Sc2n[nH]c(C(F)(F)F)n2)[C@H]2[C@H](C(=O)O)[C@H]21. The maximum absolute atomic E-state index is 12.8. The van der Waals surface area contributed by atoms with Crippen molar-refractivity contribution in [2.75, 3.05) is 0 Å². The molecule has 194 valence electrons. The molecule has 16 heteroatoms. The number of hydrogen-bond acceptors (Lipinski definition) is 8. The Labute approximate surface area is 200 Å². The van der Waals surface area contributed by atoms with Crippen LogP contribution in [0.15, 0.2) is 5.16 Å². The van der Waals surface area contributed by atoms with Crippen molar-refractivity contribution in [1.29, 1.82) is 0 Å². The highest BCUT2D eigenvalue weighted by Crippen LogP contribution is 2.66. The maximum Gasteiger partial charge on any atom is 0.451 e. The molecule has 0 bridgehead atoms. The number of carboxylic acid groups (broad SMARTS) is 2. The molecule has 0 saturated heterocycles. The Morgan fingerprint density at radius 1 is 1.23 bits per heavy atom. The number of aromatic amines is 1. The van der Waals surface area contributed by atoms with E-state index in [0.29, 0.717) is 11.8 Å². The molecule has 3 rings (SSSR count). The van der Waals surface area contributed by atoms with E-state index in [2.05, 4.69) is 20.7 Å². The topological polar surface area (TPSA) is 184 Å². The Hall–Kier alpha value is -3.04. The van der Waals surface area contributed by atoms with Crippen molar-refractivity contribution in [3.05, 3.63) is 5.82 Å². The number of carbonyl (C=O) groups excluding carboxylic acids is 2. The molecule has 1 aromatic rings. The Kier molecular flexibility index (Phi) is 6.73. The molecule has 0 radical (unpaired) electrons. The smallest absolute Gasteiger partial charge is 0.451 e. The highest BCUT2D eigenvalue weighted by atomic mass is 32.2. The summed E-state index contributed by atoms with van der Waals surface area (Å²) < 4.78 is 43.5. The zero-order valence-corrected chi connectivity index (χ0v) is 19.8. The summed E-state index contributed by atoms with van der Waals surface area (Å²) in [4.78, 5) is 52.1. The highest BCUT2D eigenvalue weighted by molar-refractivity contribution is 7.99. The van der Waals surface area contributed by atoms with Gasteiger partial charge in [0, 0.05) is 11.2 Å². The quantitative estimate of drug-likeness (QED) is 0.351. The van der Waals surface area contributed by atoms with E-state index in [1.54, 1.807) is 25.9 Å². The molecule has 1 aromatic heterocycles. The van der Waals surface area contributed by atoms with Crippen LogP contribution in [0, 0.1) is 17.8 Å². The first-order valence-corrected chi connectivity index (χ1v) is 11.3. The number of hydrogen-bond donors (Lipinski definition) is 5. The fourth-order valence-electron chi connectivity index (χ4n) is 4.32. The predicted octanol–water partition coefficient (Wildman–Crippen LogP) is 1.49. The lowest BCUT2D eigenvalue weighted by Gasteiger charge is -2.31. The molecule has 2 amide bonds. The number of fused-ring (bicyclic) bond motifs is 1. The third-order valence-corrected chi connectivity index (χ3v) is 6.90. The van der Waals surface area contributed by atoms with Gasteiger partial charge in [0.25, 0.3) is 0 Å². The average Bonchev–Trinajstić information content (AvgIpc) is 3.12. The lowest BCUT2D eigenvalue weighted by Crippen LogP contribution is -2.60. The number of carboxylic acids is 2. The minimum atomic E-state index is -4.77. The number of nitrogens with zero attached hydrogens (tertiary/aromatic N) is 2. The van der Waals surface area contributed by atoms with Crippen molar-refractivity contribution in [1.82, 2.24) is 25.8 Å². The zero-order valence-electron chi connectivity index (χ0n) is 19.0. The van der Waals surface area contributed by atoms with Gasteiger partial charge in [-0.05, 0) is 40.0 Å². The van der Waals surface area contributed by atoms with Crippen molar-refractivity contribution < 1.29 is 47.3 Å². The van der Waals surface area contributed by atoms with Crippen LogP contribution in [-0.2, 0) is 25.3 Å². The number of ether oxygens (including phenoxy) is 1. The molecule has 0 aliphatic heterocycles. The third-order valence-electron chi connectivity index (χ3n) is 5.73. The van der Waals surface area contributed by atoms with E-state index in [4.69, 9.17) is 4.74 Å². The molecule has 2 aliphatic carbocycles. The normalized spacial score (nSPS) is 28.5. The van der Waals surface area contributed by atoms with Gasteiger partial charge in [-0.2, -0.15) is 18.2 Å². The van der Waals surface area contributed by atoms with E-state index >= 15 is 0 Å². The summed E-state index contributed by atoms with van der Waals surface area (Å²) in [7, 11) is 0. The average molecular weight is 523 g/mol. The molecule has 6 atom stereocenters. The summed E-state index contributed by atoms with van der Waals surface area (Å²) in [6, 6.07) is -1.23. The molecule has 1 heterocycles. The Morgan fingerprint density at radius 2 is 1.86 bits per heavy atom. The van der Waals surface area contributed by atoms with Crippen molar-refractivity contribution in [3.8, 4) is 0 Å². The van der Waals surface area contributed by atoms with Gasteiger partial charge < -0.3 is 25.6 Å². The first-order chi connectivity index (χ1) is 16.0. The number of thioether (sulfide) groups is 1. The van der Waals surface area contributed by atoms with Gasteiger partial charge in [-0.25, -0.2) is 9.59 Å². The van der Waals surface area contributed by atoms with E-state index in [1.165, 1.54) is 6.92 Å². The van der Waals surface area contributed by atoms with E-state index in [1.807, 2.05) is 0 Å². The van der Waals surface area contributed by atoms with Crippen molar-refractivity contribution >= 4 is 35.7 Å². The number of aliphatic carboxylic acids is 2. The number of nitrogens with one attached hydrogen (secondary N) is 3. The predicted molar refractivity (Wildman–Crippen MR) is 111 cm³/mol. The van der Waals surface area contributed by atoms with Crippen LogP contribution in [0.1, 0.15) is 39.9 Å². The second kappa shape index (κ2) is 8.87. The lowest BCUT2D eigenvalue weighted by molar-refractivity contribution is -0.150. The Balaban J connectivity index is 1.79.